The molecule has 0 saturated heterocycles. The van der Waals surface area contributed by atoms with Gasteiger partial charge in [-0.05, 0) is 37.1 Å². The summed E-state index contributed by atoms with van der Waals surface area (Å²) in [7, 11) is 3.23. The van der Waals surface area contributed by atoms with Gasteiger partial charge in [0.2, 0.25) is 0 Å². The van der Waals surface area contributed by atoms with Crippen LogP contribution < -0.4 is 9.47 Å². The number of hydrogen-bond acceptors (Lipinski definition) is 4. The van der Waals surface area contributed by atoms with Gasteiger partial charge in [0.25, 0.3) is 0 Å². The van der Waals surface area contributed by atoms with Crippen molar-refractivity contribution < 1.29 is 22.6 Å². The summed E-state index contributed by atoms with van der Waals surface area (Å²) in [5, 5.41) is 5.62. The molecular weight excluding hydrogens is 371 g/mol. The predicted octanol–water partition coefficient (Wildman–Crippen LogP) is 5.45. The number of pyridine rings is 1. The number of methoxy groups -OCH3 is 1. The monoisotopic (exact) mass is 393 g/mol. The molecule has 1 aromatic carbocycles. The van der Waals surface area contributed by atoms with E-state index in [9.17, 15) is 13.2 Å². The molecule has 150 valence electrons. The minimum atomic E-state index is -4.76. The van der Waals surface area contributed by atoms with Crippen LogP contribution in [0.3, 0.4) is 0 Å². The summed E-state index contributed by atoms with van der Waals surface area (Å²) in [5.74, 6) is 0.256. The maximum atomic E-state index is 12.5. The van der Waals surface area contributed by atoms with Gasteiger partial charge >= 0.3 is 6.36 Å². The average molecular weight is 393 g/mol. The molecule has 28 heavy (non-hydrogen) atoms. The number of halogens is 3. The molecule has 2 heterocycles. The van der Waals surface area contributed by atoms with Gasteiger partial charge in [-0.15, -0.1) is 13.2 Å². The largest absolute Gasteiger partial charge is 0.573 e. The lowest BCUT2D eigenvalue weighted by Gasteiger charge is -2.13. The summed E-state index contributed by atoms with van der Waals surface area (Å²) in [4.78, 5) is 4.69. The SMILES string of the molecule is CCC(CC)c1nn(C)c2nc(-c3ccc(OC(F)(F)F)cc3OC)ccc12. The van der Waals surface area contributed by atoms with Gasteiger partial charge in [0.05, 0.1) is 18.5 Å². The number of nitrogens with zero attached hydrogens (tertiary/aromatic N) is 3. The lowest BCUT2D eigenvalue weighted by Crippen LogP contribution is -2.17. The number of fused-ring (bicyclic) bond motifs is 1. The first-order valence-corrected chi connectivity index (χ1v) is 9.05. The van der Waals surface area contributed by atoms with E-state index in [-0.39, 0.29) is 11.5 Å². The molecule has 0 aliphatic heterocycles. The van der Waals surface area contributed by atoms with Crippen LogP contribution in [0, 0.1) is 0 Å². The Kier molecular flexibility index (Phi) is 5.49. The van der Waals surface area contributed by atoms with Crippen LogP contribution in [0.2, 0.25) is 0 Å². The molecule has 0 amide bonds. The van der Waals surface area contributed by atoms with Gasteiger partial charge in [0.1, 0.15) is 11.5 Å². The molecule has 0 saturated carbocycles. The normalized spacial score (nSPS) is 12.0. The topological polar surface area (TPSA) is 49.2 Å². The Labute approximate surface area is 161 Å². The molecule has 5 nitrogen and oxygen atoms in total. The van der Waals surface area contributed by atoms with Crippen LogP contribution in [0.15, 0.2) is 30.3 Å². The predicted molar refractivity (Wildman–Crippen MR) is 101 cm³/mol. The van der Waals surface area contributed by atoms with Gasteiger partial charge in [-0.1, -0.05) is 13.8 Å². The van der Waals surface area contributed by atoms with Crippen LogP contribution in [-0.4, -0.2) is 28.2 Å². The van der Waals surface area contributed by atoms with Gasteiger partial charge < -0.3 is 9.47 Å². The molecule has 0 bridgehead atoms. The van der Waals surface area contributed by atoms with Crippen molar-refractivity contribution in [1.29, 1.82) is 0 Å². The van der Waals surface area contributed by atoms with E-state index < -0.39 is 6.36 Å². The highest BCUT2D eigenvalue weighted by molar-refractivity contribution is 5.83. The van der Waals surface area contributed by atoms with Crippen molar-refractivity contribution in [3.63, 3.8) is 0 Å². The van der Waals surface area contributed by atoms with Crippen LogP contribution >= 0.6 is 0 Å². The molecule has 0 fully saturated rings. The molecule has 0 radical (unpaired) electrons. The molecule has 0 aliphatic carbocycles. The average Bonchev–Trinajstić information content (AvgIpc) is 2.97. The Bertz CT molecular complexity index is 979. The minimum absolute atomic E-state index is 0.246. The zero-order chi connectivity index (χ0) is 20.5. The maximum absolute atomic E-state index is 12.5. The fourth-order valence-corrected chi connectivity index (χ4v) is 3.37. The third-order valence-corrected chi connectivity index (χ3v) is 4.77. The van der Waals surface area contributed by atoms with Gasteiger partial charge in [0, 0.05) is 30.0 Å². The van der Waals surface area contributed by atoms with Gasteiger partial charge in [-0.25, -0.2) is 4.98 Å². The van der Waals surface area contributed by atoms with E-state index in [0.717, 1.165) is 29.6 Å². The van der Waals surface area contributed by atoms with Crippen LogP contribution in [0.4, 0.5) is 13.2 Å². The molecule has 3 aromatic rings. The minimum Gasteiger partial charge on any atom is -0.496 e. The molecule has 2 aromatic heterocycles. The van der Waals surface area contributed by atoms with E-state index in [1.165, 1.54) is 25.3 Å². The van der Waals surface area contributed by atoms with E-state index >= 15 is 0 Å². The van der Waals surface area contributed by atoms with Gasteiger partial charge in [-0.3, -0.25) is 4.68 Å². The van der Waals surface area contributed by atoms with E-state index in [1.807, 2.05) is 19.2 Å². The molecule has 0 aliphatic rings. The lowest BCUT2D eigenvalue weighted by atomic mass is 9.97. The first-order valence-electron chi connectivity index (χ1n) is 9.05. The fraction of sp³-hybridized carbons (Fsp3) is 0.400. The van der Waals surface area contributed by atoms with Crippen LogP contribution in [0.25, 0.3) is 22.3 Å². The van der Waals surface area contributed by atoms with E-state index in [2.05, 4.69) is 28.7 Å². The van der Waals surface area contributed by atoms with Gasteiger partial charge in [-0.2, -0.15) is 5.10 Å². The second kappa shape index (κ2) is 7.69. The summed E-state index contributed by atoms with van der Waals surface area (Å²) >= 11 is 0. The van der Waals surface area contributed by atoms with Crippen LogP contribution in [-0.2, 0) is 7.05 Å². The molecule has 0 spiro atoms. The van der Waals surface area contributed by atoms with Crippen molar-refractivity contribution in [2.24, 2.45) is 7.05 Å². The summed E-state index contributed by atoms with van der Waals surface area (Å²) < 4.78 is 48.3. The molecule has 3 rings (SSSR count). The fourth-order valence-electron chi connectivity index (χ4n) is 3.37. The second-order valence-electron chi connectivity index (χ2n) is 6.50. The molecular formula is C20H22F3N3O2. The quantitative estimate of drug-likeness (QED) is 0.559. The first-order chi connectivity index (χ1) is 13.3. The van der Waals surface area contributed by atoms with Crippen molar-refractivity contribution in [3.05, 3.63) is 36.0 Å². The molecule has 0 atom stereocenters. The number of aryl methyl sites for hydroxylation is 1. The van der Waals surface area contributed by atoms with E-state index in [1.54, 1.807) is 4.68 Å². The van der Waals surface area contributed by atoms with Crippen LogP contribution in [0.1, 0.15) is 38.3 Å². The Morgan fingerprint density at radius 1 is 1.11 bits per heavy atom. The number of hydrogen-bond donors (Lipinski definition) is 0. The highest BCUT2D eigenvalue weighted by Crippen LogP contribution is 2.36. The summed E-state index contributed by atoms with van der Waals surface area (Å²) in [6.45, 7) is 4.26. The van der Waals surface area contributed by atoms with Gasteiger partial charge in [0.15, 0.2) is 5.65 Å². The van der Waals surface area contributed by atoms with Crippen molar-refractivity contribution in [3.8, 4) is 22.8 Å². The van der Waals surface area contributed by atoms with E-state index in [0.29, 0.717) is 17.2 Å². The smallest absolute Gasteiger partial charge is 0.496 e. The molecule has 8 heteroatoms. The molecule has 0 unspecified atom stereocenters. The Balaban J connectivity index is 2.05. The van der Waals surface area contributed by atoms with Crippen molar-refractivity contribution in [2.75, 3.05) is 7.11 Å². The van der Waals surface area contributed by atoms with Crippen LogP contribution in [0.5, 0.6) is 11.5 Å². The standard InChI is InChI=1S/C20H22F3N3O2/c1-5-12(6-2)18-15-9-10-16(24-19(15)26(3)25-18)14-8-7-13(11-17(14)27-4)28-20(21,22)23/h7-12H,5-6H2,1-4H3. The number of benzene rings is 1. The zero-order valence-electron chi connectivity index (χ0n) is 16.2. The Morgan fingerprint density at radius 3 is 2.43 bits per heavy atom. The third-order valence-electron chi connectivity index (χ3n) is 4.77. The summed E-state index contributed by atoms with van der Waals surface area (Å²) in [6, 6.07) is 7.74. The van der Waals surface area contributed by atoms with Crippen molar-refractivity contribution in [2.45, 2.75) is 39.0 Å². The highest BCUT2D eigenvalue weighted by Gasteiger charge is 2.31. The number of aromatic nitrogens is 3. The third kappa shape index (κ3) is 3.90. The Morgan fingerprint density at radius 2 is 1.82 bits per heavy atom. The maximum Gasteiger partial charge on any atom is 0.573 e. The van der Waals surface area contributed by atoms with Crippen molar-refractivity contribution >= 4 is 11.0 Å². The molecule has 0 N–H and O–H groups in total. The summed E-state index contributed by atoms with van der Waals surface area (Å²) in [6.07, 6.45) is -2.79. The zero-order valence-corrected chi connectivity index (χ0v) is 16.2. The first kappa shape index (κ1) is 20.0. The number of ether oxygens (including phenoxy) is 2. The Hall–Kier alpha value is -2.77. The second-order valence-corrected chi connectivity index (χ2v) is 6.50. The van der Waals surface area contributed by atoms with Crippen molar-refractivity contribution in [1.82, 2.24) is 14.8 Å². The lowest BCUT2D eigenvalue weighted by molar-refractivity contribution is -0.274. The highest BCUT2D eigenvalue weighted by atomic mass is 19.4. The summed E-state index contributed by atoms with van der Waals surface area (Å²) in [5.41, 5.74) is 2.89. The number of rotatable bonds is 6. The number of alkyl halides is 3. The van der Waals surface area contributed by atoms with E-state index in [4.69, 9.17) is 4.74 Å².